The average Bonchev–Trinajstić information content (AvgIpc) is 2.65. The molecule has 0 aromatic heterocycles. The third-order valence-corrected chi connectivity index (χ3v) is 2.60. The van der Waals surface area contributed by atoms with E-state index in [1.165, 1.54) is 0 Å². The summed E-state index contributed by atoms with van der Waals surface area (Å²) >= 11 is 0. The van der Waals surface area contributed by atoms with Gasteiger partial charge in [0.15, 0.2) is 0 Å². The summed E-state index contributed by atoms with van der Waals surface area (Å²) in [5.41, 5.74) is 3.04. The van der Waals surface area contributed by atoms with Crippen molar-refractivity contribution in [3.8, 4) is 6.07 Å². The number of rotatable bonds is 3. The van der Waals surface area contributed by atoms with Crippen LogP contribution in [0.5, 0.6) is 0 Å². The first-order valence-corrected chi connectivity index (χ1v) is 5.23. The van der Waals surface area contributed by atoms with E-state index in [2.05, 4.69) is 16.7 Å². The Morgan fingerprint density at radius 2 is 2.44 bits per heavy atom. The van der Waals surface area contributed by atoms with Gasteiger partial charge in [0.25, 0.3) is 0 Å². The van der Waals surface area contributed by atoms with E-state index in [9.17, 15) is 4.79 Å². The molecule has 1 aliphatic heterocycles. The van der Waals surface area contributed by atoms with Crippen molar-refractivity contribution in [3.63, 3.8) is 0 Å². The number of nitriles is 1. The molecule has 1 aromatic rings. The fraction of sp³-hybridized carbons (Fsp3) is 0.333. The molecular formula is C12H13N3O. The number of carbonyl (C=O) groups excluding carboxylic acids is 1. The maximum absolute atomic E-state index is 11.2. The highest BCUT2D eigenvalue weighted by atomic mass is 16.1. The van der Waals surface area contributed by atoms with Crippen LogP contribution < -0.4 is 10.6 Å². The lowest BCUT2D eigenvalue weighted by Crippen LogP contribution is -2.23. The Kier molecular flexibility index (Phi) is 2.88. The van der Waals surface area contributed by atoms with Crippen molar-refractivity contribution >= 4 is 11.6 Å². The molecule has 16 heavy (non-hydrogen) atoms. The summed E-state index contributed by atoms with van der Waals surface area (Å²) in [4.78, 5) is 11.2. The minimum atomic E-state index is -0.159. The SMILES string of the molecule is CC(C#N)NCc1ccc2c(c1)CC(=O)N2. The molecule has 2 N–H and O–H groups in total. The monoisotopic (exact) mass is 215 g/mol. The summed E-state index contributed by atoms with van der Waals surface area (Å²) < 4.78 is 0. The number of amides is 1. The van der Waals surface area contributed by atoms with Crippen LogP contribution in [-0.2, 0) is 17.8 Å². The molecule has 82 valence electrons. The second-order valence-corrected chi connectivity index (χ2v) is 3.95. The molecule has 2 rings (SSSR count). The lowest BCUT2D eigenvalue weighted by molar-refractivity contribution is -0.115. The highest BCUT2D eigenvalue weighted by Crippen LogP contribution is 2.23. The highest BCUT2D eigenvalue weighted by Gasteiger charge is 2.17. The van der Waals surface area contributed by atoms with Gasteiger partial charge in [0, 0.05) is 12.2 Å². The molecule has 1 unspecified atom stereocenters. The van der Waals surface area contributed by atoms with Crippen molar-refractivity contribution in [2.24, 2.45) is 0 Å². The molecule has 1 atom stereocenters. The predicted molar refractivity (Wildman–Crippen MR) is 60.7 cm³/mol. The molecule has 4 nitrogen and oxygen atoms in total. The maximum atomic E-state index is 11.2. The number of anilines is 1. The number of hydrogen-bond donors (Lipinski definition) is 2. The van der Waals surface area contributed by atoms with Gasteiger partial charge in [-0.1, -0.05) is 12.1 Å². The fourth-order valence-electron chi connectivity index (χ4n) is 1.71. The van der Waals surface area contributed by atoms with Gasteiger partial charge >= 0.3 is 0 Å². The lowest BCUT2D eigenvalue weighted by Gasteiger charge is -2.07. The van der Waals surface area contributed by atoms with Gasteiger partial charge < -0.3 is 5.32 Å². The minimum absolute atomic E-state index is 0.0468. The van der Waals surface area contributed by atoms with Crippen LogP contribution in [0.4, 0.5) is 5.69 Å². The summed E-state index contributed by atoms with van der Waals surface area (Å²) in [5, 5.41) is 14.5. The van der Waals surface area contributed by atoms with Crippen LogP contribution in [-0.4, -0.2) is 11.9 Å². The van der Waals surface area contributed by atoms with Crippen LogP contribution in [0.1, 0.15) is 18.1 Å². The number of hydrogen-bond acceptors (Lipinski definition) is 3. The zero-order valence-corrected chi connectivity index (χ0v) is 9.08. The van der Waals surface area contributed by atoms with Gasteiger partial charge in [-0.05, 0) is 24.1 Å². The van der Waals surface area contributed by atoms with Crippen LogP contribution in [0.25, 0.3) is 0 Å². The van der Waals surface area contributed by atoms with Gasteiger partial charge in [0.05, 0.1) is 18.5 Å². The van der Waals surface area contributed by atoms with E-state index in [1.54, 1.807) is 0 Å². The third kappa shape index (κ3) is 2.20. The van der Waals surface area contributed by atoms with Gasteiger partial charge in [-0.3, -0.25) is 10.1 Å². The van der Waals surface area contributed by atoms with E-state index in [4.69, 9.17) is 5.26 Å². The van der Waals surface area contributed by atoms with Crippen molar-refractivity contribution in [1.82, 2.24) is 5.32 Å². The normalized spacial score (nSPS) is 15.1. The van der Waals surface area contributed by atoms with Gasteiger partial charge in [-0.2, -0.15) is 5.26 Å². The van der Waals surface area contributed by atoms with Gasteiger partial charge in [0.2, 0.25) is 5.91 Å². The average molecular weight is 215 g/mol. The van der Waals surface area contributed by atoms with E-state index in [1.807, 2.05) is 25.1 Å². The van der Waals surface area contributed by atoms with E-state index in [0.29, 0.717) is 13.0 Å². The summed E-state index contributed by atoms with van der Waals surface area (Å²) in [5.74, 6) is 0.0468. The molecule has 0 aliphatic carbocycles. The van der Waals surface area contributed by atoms with Crippen LogP contribution in [0, 0.1) is 11.3 Å². The molecule has 0 fully saturated rings. The van der Waals surface area contributed by atoms with Gasteiger partial charge in [0.1, 0.15) is 0 Å². The Morgan fingerprint density at radius 1 is 1.62 bits per heavy atom. The molecule has 0 radical (unpaired) electrons. The first-order valence-electron chi connectivity index (χ1n) is 5.23. The minimum Gasteiger partial charge on any atom is -0.326 e. The van der Waals surface area contributed by atoms with E-state index in [0.717, 1.165) is 16.8 Å². The van der Waals surface area contributed by atoms with Crippen molar-refractivity contribution in [1.29, 1.82) is 5.26 Å². The van der Waals surface area contributed by atoms with Crippen molar-refractivity contribution in [2.45, 2.75) is 25.9 Å². The zero-order valence-electron chi connectivity index (χ0n) is 9.08. The topological polar surface area (TPSA) is 64.9 Å². The Balaban J connectivity index is 2.06. The largest absolute Gasteiger partial charge is 0.326 e. The predicted octanol–water partition coefficient (Wildman–Crippen LogP) is 1.18. The standard InChI is InChI=1S/C12H13N3O/c1-8(6-13)14-7-9-2-3-11-10(4-9)5-12(16)15-11/h2-4,8,14H,5,7H2,1H3,(H,15,16). The number of nitrogens with zero attached hydrogens (tertiary/aromatic N) is 1. The van der Waals surface area contributed by atoms with E-state index in [-0.39, 0.29) is 11.9 Å². The van der Waals surface area contributed by atoms with Crippen molar-refractivity contribution in [2.75, 3.05) is 5.32 Å². The second-order valence-electron chi connectivity index (χ2n) is 3.95. The lowest BCUT2D eigenvalue weighted by atomic mass is 10.1. The number of fused-ring (bicyclic) bond motifs is 1. The first kappa shape index (κ1) is 10.7. The smallest absolute Gasteiger partial charge is 0.228 e. The Labute approximate surface area is 94.3 Å². The molecule has 0 saturated carbocycles. The molecule has 1 aromatic carbocycles. The molecule has 0 saturated heterocycles. The molecule has 0 bridgehead atoms. The second kappa shape index (κ2) is 4.33. The third-order valence-electron chi connectivity index (χ3n) is 2.60. The highest BCUT2D eigenvalue weighted by molar-refractivity contribution is 5.99. The zero-order chi connectivity index (χ0) is 11.5. The summed E-state index contributed by atoms with van der Waals surface area (Å²) in [6, 6.07) is 7.83. The summed E-state index contributed by atoms with van der Waals surface area (Å²) in [6.45, 7) is 2.47. The summed E-state index contributed by atoms with van der Waals surface area (Å²) in [6.07, 6.45) is 0.455. The first-order chi connectivity index (χ1) is 7.69. The van der Waals surface area contributed by atoms with Crippen LogP contribution in [0.3, 0.4) is 0 Å². The molecule has 4 heteroatoms. The van der Waals surface area contributed by atoms with E-state index >= 15 is 0 Å². The maximum Gasteiger partial charge on any atom is 0.228 e. The van der Waals surface area contributed by atoms with Crippen molar-refractivity contribution in [3.05, 3.63) is 29.3 Å². The molecule has 0 spiro atoms. The Morgan fingerprint density at radius 3 is 3.19 bits per heavy atom. The molecular weight excluding hydrogens is 202 g/mol. The van der Waals surface area contributed by atoms with Gasteiger partial charge in [-0.15, -0.1) is 0 Å². The molecule has 1 amide bonds. The summed E-state index contributed by atoms with van der Waals surface area (Å²) in [7, 11) is 0. The Bertz CT molecular complexity index is 462. The van der Waals surface area contributed by atoms with E-state index < -0.39 is 0 Å². The number of benzene rings is 1. The van der Waals surface area contributed by atoms with Crippen LogP contribution in [0.2, 0.25) is 0 Å². The van der Waals surface area contributed by atoms with Crippen LogP contribution in [0.15, 0.2) is 18.2 Å². The number of nitrogens with one attached hydrogen (secondary N) is 2. The van der Waals surface area contributed by atoms with Crippen LogP contribution >= 0.6 is 0 Å². The Hall–Kier alpha value is -1.86. The molecule has 1 aliphatic rings. The number of carbonyl (C=O) groups is 1. The van der Waals surface area contributed by atoms with Gasteiger partial charge in [-0.25, -0.2) is 0 Å². The molecule has 1 heterocycles. The quantitative estimate of drug-likeness (QED) is 0.795. The van der Waals surface area contributed by atoms with Crippen molar-refractivity contribution < 1.29 is 4.79 Å². The fourth-order valence-corrected chi connectivity index (χ4v) is 1.71.